The number of hydrogen-bond acceptors (Lipinski definition) is 2. The Morgan fingerprint density at radius 3 is 2.87 bits per heavy atom. The van der Waals surface area contributed by atoms with Gasteiger partial charge in [-0.25, -0.2) is 0 Å². The summed E-state index contributed by atoms with van der Waals surface area (Å²) < 4.78 is 5.32. The van der Waals surface area contributed by atoms with E-state index < -0.39 is 0 Å². The summed E-state index contributed by atoms with van der Waals surface area (Å²) in [5.74, 6) is 5.19. The smallest absolute Gasteiger partial charge is 0.317 e. The molecular formula is C11H8BrClO2. The van der Waals surface area contributed by atoms with Gasteiger partial charge in [0.25, 0.3) is 0 Å². The Hall–Kier alpha value is -0.980. The molecule has 0 amide bonds. The van der Waals surface area contributed by atoms with Crippen LogP contribution in [-0.2, 0) is 9.53 Å². The van der Waals surface area contributed by atoms with Crippen LogP contribution in [0.25, 0.3) is 0 Å². The number of ether oxygens (including phenoxy) is 1. The third-order valence-electron chi connectivity index (χ3n) is 1.56. The van der Waals surface area contributed by atoms with Crippen molar-refractivity contribution in [2.75, 3.05) is 7.11 Å². The first kappa shape index (κ1) is 12.1. The molecule has 0 aliphatic heterocycles. The van der Waals surface area contributed by atoms with Crippen LogP contribution in [0.5, 0.6) is 0 Å². The van der Waals surface area contributed by atoms with Crippen LogP contribution in [0.2, 0.25) is 5.02 Å². The predicted molar refractivity (Wildman–Crippen MR) is 62.7 cm³/mol. The van der Waals surface area contributed by atoms with E-state index in [9.17, 15) is 4.79 Å². The lowest BCUT2D eigenvalue weighted by molar-refractivity contribution is -0.139. The van der Waals surface area contributed by atoms with E-state index in [4.69, 9.17) is 11.6 Å². The standard InChI is InChI=1S/C11H8BrClO2/c1-15-11(14)4-2-3-8-5-9(12)7-10(13)6-8/h5-7H,4H2,1H3. The Labute approximate surface area is 102 Å². The molecule has 0 saturated carbocycles. The summed E-state index contributed by atoms with van der Waals surface area (Å²) in [5, 5.41) is 0.603. The summed E-state index contributed by atoms with van der Waals surface area (Å²) in [6.45, 7) is 0. The summed E-state index contributed by atoms with van der Waals surface area (Å²) in [6.07, 6.45) is 0.0840. The van der Waals surface area contributed by atoms with Crippen LogP contribution in [0, 0.1) is 11.8 Å². The minimum absolute atomic E-state index is 0.0840. The molecule has 0 bridgehead atoms. The van der Waals surface area contributed by atoms with Gasteiger partial charge in [-0.05, 0) is 18.2 Å². The molecule has 0 unspecified atom stereocenters. The molecule has 2 nitrogen and oxygen atoms in total. The average Bonchev–Trinajstić information content (AvgIpc) is 2.16. The lowest BCUT2D eigenvalue weighted by atomic mass is 10.2. The van der Waals surface area contributed by atoms with Crippen LogP contribution in [0.15, 0.2) is 22.7 Å². The highest BCUT2D eigenvalue weighted by atomic mass is 79.9. The van der Waals surface area contributed by atoms with Gasteiger partial charge in [0.1, 0.15) is 6.42 Å². The van der Waals surface area contributed by atoms with Crippen molar-refractivity contribution in [1.29, 1.82) is 0 Å². The van der Waals surface area contributed by atoms with E-state index in [-0.39, 0.29) is 12.4 Å². The molecule has 1 aromatic carbocycles. The van der Waals surface area contributed by atoms with E-state index in [0.717, 1.165) is 10.0 Å². The first-order valence-electron chi connectivity index (χ1n) is 4.13. The lowest BCUT2D eigenvalue weighted by Crippen LogP contribution is -1.96. The van der Waals surface area contributed by atoms with Crippen molar-refractivity contribution in [3.05, 3.63) is 33.3 Å². The Balaban J connectivity index is 2.75. The fourth-order valence-corrected chi connectivity index (χ4v) is 1.78. The van der Waals surface area contributed by atoms with Crippen molar-refractivity contribution >= 4 is 33.5 Å². The topological polar surface area (TPSA) is 26.3 Å². The zero-order chi connectivity index (χ0) is 11.3. The van der Waals surface area contributed by atoms with Crippen LogP contribution in [0.1, 0.15) is 12.0 Å². The zero-order valence-electron chi connectivity index (χ0n) is 8.01. The quantitative estimate of drug-likeness (QED) is 0.586. The first-order chi connectivity index (χ1) is 7.11. The highest BCUT2D eigenvalue weighted by Gasteiger charge is 1.96. The van der Waals surface area contributed by atoms with Crippen LogP contribution >= 0.6 is 27.5 Å². The van der Waals surface area contributed by atoms with Crippen molar-refractivity contribution in [1.82, 2.24) is 0 Å². The van der Waals surface area contributed by atoms with E-state index in [1.807, 2.05) is 6.07 Å². The second-order valence-corrected chi connectivity index (χ2v) is 4.06. The van der Waals surface area contributed by atoms with Gasteiger partial charge < -0.3 is 4.74 Å². The maximum atomic E-state index is 10.8. The van der Waals surface area contributed by atoms with Gasteiger partial charge in [0, 0.05) is 15.1 Å². The van der Waals surface area contributed by atoms with Crippen LogP contribution in [0.3, 0.4) is 0 Å². The number of halogens is 2. The first-order valence-corrected chi connectivity index (χ1v) is 5.30. The molecule has 1 aromatic rings. The van der Waals surface area contributed by atoms with Gasteiger partial charge in [0.05, 0.1) is 7.11 Å². The van der Waals surface area contributed by atoms with Crippen molar-refractivity contribution in [2.24, 2.45) is 0 Å². The number of rotatable bonds is 1. The third-order valence-corrected chi connectivity index (χ3v) is 2.23. The minimum atomic E-state index is -0.344. The molecule has 0 fully saturated rings. The highest BCUT2D eigenvalue weighted by molar-refractivity contribution is 9.10. The lowest BCUT2D eigenvalue weighted by Gasteiger charge is -1.94. The number of carbonyl (C=O) groups excluding carboxylic acids is 1. The molecule has 0 atom stereocenters. The molecule has 78 valence electrons. The Bertz CT molecular complexity index is 412. The summed E-state index contributed by atoms with van der Waals surface area (Å²) in [5.41, 5.74) is 0.762. The summed E-state index contributed by atoms with van der Waals surface area (Å²) in [4.78, 5) is 10.8. The summed E-state index contributed by atoms with van der Waals surface area (Å²) in [6, 6.07) is 5.33. The van der Waals surface area contributed by atoms with Crippen molar-refractivity contribution < 1.29 is 9.53 Å². The number of methoxy groups -OCH3 is 1. The summed E-state index contributed by atoms with van der Waals surface area (Å²) >= 11 is 9.13. The predicted octanol–water partition coefficient (Wildman–Crippen LogP) is 3.02. The fourth-order valence-electron chi connectivity index (χ4n) is 0.917. The van der Waals surface area contributed by atoms with E-state index in [1.165, 1.54) is 7.11 Å². The number of carbonyl (C=O) groups is 1. The van der Waals surface area contributed by atoms with E-state index >= 15 is 0 Å². The Kier molecular flexibility index (Phi) is 4.67. The molecule has 0 saturated heterocycles. The van der Waals surface area contributed by atoms with Gasteiger partial charge >= 0.3 is 5.97 Å². The largest absolute Gasteiger partial charge is 0.468 e. The van der Waals surface area contributed by atoms with E-state index in [0.29, 0.717) is 5.02 Å². The second-order valence-electron chi connectivity index (χ2n) is 2.71. The SMILES string of the molecule is COC(=O)CC#Cc1cc(Cl)cc(Br)c1. The number of hydrogen-bond donors (Lipinski definition) is 0. The molecule has 0 aliphatic rings. The molecule has 15 heavy (non-hydrogen) atoms. The van der Waals surface area contributed by atoms with Gasteiger partial charge in [-0.2, -0.15) is 0 Å². The van der Waals surface area contributed by atoms with Crippen molar-refractivity contribution in [3.63, 3.8) is 0 Å². The van der Waals surface area contributed by atoms with Crippen LogP contribution in [0.4, 0.5) is 0 Å². The van der Waals surface area contributed by atoms with Gasteiger partial charge in [-0.15, -0.1) is 0 Å². The Morgan fingerprint density at radius 1 is 1.53 bits per heavy atom. The highest BCUT2D eigenvalue weighted by Crippen LogP contribution is 2.18. The van der Waals surface area contributed by atoms with Crippen LogP contribution in [-0.4, -0.2) is 13.1 Å². The zero-order valence-corrected chi connectivity index (χ0v) is 10.4. The molecule has 0 heterocycles. The summed E-state index contributed by atoms with van der Waals surface area (Å²) in [7, 11) is 1.33. The van der Waals surface area contributed by atoms with Crippen molar-refractivity contribution in [2.45, 2.75) is 6.42 Å². The van der Waals surface area contributed by atoms with Gasteiger partial charge in [0.15, 0.2) is 0 Å². The molecule has 0 spiro atoms. The Morgan fingerprint density at radius 2 is 2.27 bits per heavy atom. The minimum Gasteiger partial charge on any atom is -0.468 e. The maximum Gasteiger partial charge on any atom is 0.317 e. The van der Waals surface area contributed by atoms with Gasteiger partial charge in [-0.1, -0.05) is 39.4 Å². The molecule has 0 aromatic heterocycles. The monoisotopic (exact) mass is 286 g/mol. The molecule has 4 heteroatoms. The third kappa shape index (κ3) is 4.37. The second kappa shape index (κ2) is 5.79. The number of esters is 1. The fraction of sp³-hybridized carbons (Fsp3) is 0.182. The molecule has 0 radical (unpaired) electrons. The van der Waals surface area contributed by atoms with Crippen molar-refractivity contribution in [3.8, 4) is 11.8 Å². The molecule has 0 aliphatic carbocycles. The van der Waals surface area contributed by atoms with Crippen LogP contribution < -0.4 is 0 Å². The molecule has 0 N–H and O–H groups in total. The van der Waals surface area contributed by atoms with E-state index in [1.54, 1.807) is 12.1 Å². The molecule has 1 rings (SSSR count). The van der Waals surface area contributed by atoms with Gasteiger partial charge in [-0.3, -0.25) is 4.79 Å². The molecular weight excluding hydrogens is 279 g/mol. The normalized spacial score (nSPS) is 9.00. The van der Waals surface area contributed by atoms with E-state index in [2.05, 4.69) is 32.5 Å². The number of benzene rings is 1. The maximum absolute atomic E-state index is 10.8. The average molecular weight is 288 g/mol. The van der Waals surface area contributed by atoms with Gasteiger partial charge in [0.2, 0.25) is 0 Å².